The van der Waals surface area contributed by atoms with Crippen LogP contribution in [0.4, 0.5) is 0 Å². The molecule has 0 bridgehead atoms. The second kappa shape index (κ2) is 6.18. The van der Waals surface area contributed by atoms with Crippen LogP contribution in [0.1, 0.15) is 5.56 Å². The molecule has 1 amide bonds. The van der Waals surface area contributed by atoms with Crippen LogP contribution in [0.15, 0.2) is 52.2 Å². The summed E-state index contributed by atoms with van der Waals surface area (Å²) in [4.78, 5) is 24.2. The fourth-order valence-corrected chi connectivity index (χ4v) is 3.40. The molecule has 1 aromatic carbocycles. The molecule has 0 fully saturated rings. The fourth-order valence-electron chi connectivity index (χ4n) is 2.73. The summed E-state index contributed by atoms with van der Waals surface area (Å²) in [7, 11) is 0. The molecule has 0 saturated carbocycles. The lowest BCUT2D eigenvalue weighted by Gasteiger charge is -2.02. The molecule has 2 N–H and O–H groups in total. The Morgan fingerprint density at radius 1 is 1.24 bits per heavy atom. The van der Waals surface area contributed by atoms with Crippen molar-refractivity contribution in [2.24, 2.45) is 5.73 Å². The highest BCUT2D eigenvalue weighted by molar-refractivity contribution is 8.00. The first-order valence-corrected chi connectivity index (χ1v) is 8.63. The Morgan fingerprint density at radius 3 is 2.80 bits per heavy atom. The van der Waals surface area contributed by atoms with E-state index >= 15 is 0 Å². The van der Waals surface area contributed by atoms with E-state index in [1.165, 1.54) is 18.1 Å². The smallest absolute Gasteiger partial charge is 0.229 e. The Bertz CT molecular complexity index is 1090. The van der Waals surface area contributed by atoms with Crippen molar-refractivity contribution in [3.8, 4) is 11.3 Å². The number of hydrogen-bond acceptors (Lipinski definition) is 6. The Morgan fingerprint density at radius 2 is 2.04 bits per heavy atom. The molecule has 25 heavy (non-hydrogen) atoms. The highest BCUT2D eigenvalue weighted by atomic mass is 32.2. The van der Waals surface area contributed by atoms with E-state index in [1.807, 2.05) is 43.3 Å². The lowest BCUT2D eigenvalue weighted by Crippen LogP contribution is -2.13. The Kier molecular flexibility index (Phi) is 3.85. The highest BCUT2D eigenvalue weighted by Gasteiger charge is 2.18. The Balaban J connectivity index is 1.91. The van der Waals surface area contributed by atoms with E-state index in [1.54, 1.807) is 0 Å². The number of pyridine rings is 1. The molecule has 0 spiro atoms. The number of nitrogens with zero attached hydrogens (tertiary/aromatic N) is 3. The van der Waals surface area contributed by atoms with Gasteiger partial charge in [0.1, 0.15) is 16.9 Å². The number of hydrogen-bond donors (Lipinski definition) is 1. The van der Waals surface area contributed by atoms with Crippen LogP contribution in [0.25, 0.3) is 33.5 Å². The highest BCUT2D eigenvalue weighted by Crippen LogP contribution is 2.35. The summed E-state index contributed by atoms with van der Waals surface area (Å²) >= 11 is 1.23. The number of aryl methyl sites for hydroxylation is 1. The quantitative estimate of drug-likeness (QED) is 0.448. The fraction of sp³-hybridized carbons (Fsp3) is 0.111. The molecule has 0 radical (unpaired) electrons. The molecule has 0 atom stereocenters. The Labute approximate surface area is 147 Å². The maximum absolute atomic E-state index is 11.1. The van der Waals surface area contributed by atoms with Gasteiger partial charge in [0.05, 0.1) is 16.8 Å². The zero-order valence-electron chi connectivity index (χ0n) is 13.4. The lowest BCUT2D eigenvalue weighted by atomic mass is 10.1. The molecule has 0 aliphatic heterocycles. The minimum Gasteiger partial charge on any atom is -0.433 e. The van der Waals surface area contributed by atoms with Gasteiger partial charge in [-0.2, -0.15) is 0 Å². The van der Waals surface area contributed by atoms with Gasteiger partial charge in [-0.1, -0.05) is 42.1 Å². The van der Waals surface area contributed by atoms with Crippen LogP contribution in [-0.4, -0.2) is 26.6 Å². The van der Waals surface area contributed by atoms with Gasteiger partial charge in [-0.15, -0.1) is 0 Å². The summed E-state index contributed by atoms with van der Waals surface area (Å²) < 4.78 is 5.95. The zero-order valence-corrected chi connectivity index (χ0v) is 14.2. The lowest BCUT2D eigenvalue weighted by molar-refractivity contribution is -0.115. The van der Waals surface area contributed by atoms with Crippen molar-refractivity contribution in [3.05, 3.63) is 48.3 Å². The van der Waals surface area contributed by atoms with Crippen LogP contribution in [0, 0.1) is 6.92 Å². The van der Waals surface area contributed by atoms with Crippen molar-refractivity contribution >= 4 is 39.9 Å². The summed E-state index contributed by atoms with van der Waals surface area (Å²) in [6.07, 6.45) is 1.46. The summed E-state index contributed by atoms with van der Waals surface area (Å²) in [5.74, 6) is -0.279. The zero-order chi connectivity index (χ0) is 17.4. The number of carbonyl (C=O) groups excluding carboxylic acids is 1. The van der Waals surface area contributed by atoms with Crippen LogP contribution in [0.3, 0.4) is 0 Å². The topological polar surface area (TPSA) is 94.9 Å². The third-order valence-corrected chi connectivity index (χ3v) is 4.80. The number of carbonyl (C=O) groups is 1. The largest absolute Gasteiger partial charge is 0.433 e. The standard InChI is InChI=1S/C18H14N4O2S/c1-10-7-12(11-5-3-2-4-6-11)22-17-14(10)15-16(24-17)18(21-9-20-15)25-8-13(19)23/h2-7,9H,8H2,1H3,(H2,19,23). The second-order valence-corrected chi connectivity index (χ2v) is 6.55. The molecular formula is C18H14N4O2S. The molecule has 6 nitrogen and oxygen atoms in total. The van der Waals surface area contributed by atoms with Crippen LogP contribution >= 0.6 is 11.8 Å². The van der Waals surface area contributed by atoms with Gasteiger partial charge in [-0.3, -0.25) is 4.79 Å². The van der Waals surface area contributed by atoms with E-state index in [0.29, 0.717) is 21.8 Å². The predicted octanol–water partition coefficient (Wildman–Crippen LogP) is 3.32. The molecule has 124 valence electrons. The number of aromatic nitrogens is 3. The SMILES string of the molecule is Cc1cc(-c2ccccc2)nc2oc3c(SCC(N)=O)ncnc3c12. The average molecular weight is 350 g/mol. The number of benzene rings is 1. The van der Waals surface area contributed by atoms with Crippen molar-refractivity contribution in [1.29, 1.82) is 0 Å². The van der Waals surface area contributed by atoms with E-state index in [9.17, 15) is 4.79 Å². The first kappa shape index (κ1) is 15.6. The molecule has 4 aromatic rings. The van der Waals surface area contributed by atoms with Crippen molar-refractivity contribution < 1.29 is 9.21 Å². The average Bonchev–Trinajstić information content (AvgIpc) is 3.00. The van der Waals surface area contributed by atoms with Crippen molar-refractivity contribution in [3.63, 3.8) is 0 Å². The first-order valence-electron chi connectivity index (χ1n) is 7.65. The maximum atomic E-state index is 11.1. The van der Waals surface area contributed by atoms with Crippen LogP contribution < -0.4 is 5.73 Å². The number of furan rings is 1. The van der Waals surface area contributed by atoms with E-state index < -0.39 is 5.91 Å². The van der Waals surface area contributed by atoms with Gasteiger partial charge >= 0.3 is 0 Å². The maximum Gasteiger partial charge on any atom is 0.229 e. The van der Waals surface area contributed by atoms with Gasteiger partial charge in [0, 0.05) is 5.56 Å². The summed E-state index contributed by atoms with van der Waals surface area (Å²) in [5, 5.41) is 1.44. The van der Waals surface area contributed by atoms with Gasteiger partial charge < -0.3 is 10.2 Å². The van der Waals surface area contributed by atoms with Crippen LogP contribution in [-0.2, 0) is 4.79 Å². The van der Waals surface area contributed by atoms with Crippen LogP contribution in [0.2, 0.25) is 0 Å². The van der Waals surface area contributed by atoms with Crippen molar-refractivity contribution in [2.75, 3.05) is 5.75 Å². The summed E-state index contributed by atoms with van der Waals surface area (Å²) in [5.41, 5.74) is 9.83. The molecule has 0 aliphatic rings. The number of amides is 1. The van der Waals surface area contributed by atoms with Gasteiger partial charge in [0.15, 0.2) is 5.58 Å². The van der Waals surface area contributed by atoms with Crippen molar-refractivity contribution in [2.45, 2.75) is 11.9 Å². The van der Waals surface area contributed by atoms with Crippen LogP contribution in [0.5, 0.6) is 0 Å². The molecular weight excluding hydrogens is 336 g/mol. The normalized spacial score (nSPS) is 11.2. The van der Waals surface area contributed by atoms with Gasteiger partial charge in [-0.05, 0) is 18.6 Å². The number of thioether (sulfide) groups is 1. The molecule has 7 heteroatoms. The number of nitrogens with two attached hydrogens (primary N) is 1. The monoisotopic (exact) mass is 350 g/mol. The molecule has 3 aromatic heterocycles. The van der Waals surface area contributed by atoms with E-state index in [-0.39, 0.29) is 5.75 Å². The first-order chi connectivity index (χ1) is 12.1. The minimum absolute atomic E-state index is 0.130. The van der Waals surface area contributed by atoms with Gasteiger partial charge in [-0.25, -0.2) is 15.0 Å². The molecule has 4 rings (SSSR count). The second-order valence-electron chi connectivity index (χ2n) is 5.58. The van der Waals surface area contributed by atoms with E-state index in [4.69, 9.17) is 10.2 Å². The molecule has 0 unspecified atom stereocenters. The molecule has 0 aliphatic carbocycles. The van der Waals surface area contributed by atoms with Gasteiger partial charge in [0.25, 0.3) is 0 Å². The minimum atomic E-state index is -0.409. The summed E-state index contributed by atoms with van der Waals surface area (Å²) in [6, 6.07) is 11.9. The number of rotatable bonds is 4. The third kappa shape index (κ3) is 2.83. The summed E-state index contributed by atoms with van der Waals surface area (Å²) in [6.45, 7) is 2.00. The van der Waals surface area contributed by atoms with E-state index in [2.05, 4.69) is 15.0 Å². The Hall–Kier alpha value is -2.93. The molecule has 0 saturated heterocycles. The number of fused-ring (bicyclic) bond motifs is 3. The van der Waals surface area contributed by atoms with E-state index in [0.717, 1.165) is 22.2 Å². The number of primary amides is 1. The molecule has 3 heterocycles. The predicted molar refractivity (Wildman–Crippen MR) is 97.2 cm³/mol. The third-order valence-electron chi connectivity index (χ3n) is 3.81. The van der Waals surface area contributed by atoms with Gasteiger partial charge in [0.2, 0.25) is 11.6 Å². The van der Waals surface area contributed by atoms with Crippen molar-refractivity contribution in [1.82, 2.24) is 15.0 Å².